The van der Waals surface area contributed by atoms with E-state index in [1.807, 2.05) is 0 Å². The number of Topliss-reactive ketones (excluding diaryl/α,β-unsaturated/α-hetero) is 1. The van der Waals surface area contributed by atoms with E-state index in [1.54, 1.807) is 13.0 Å². The largest absolute Gasteiger partial charge is 0.461 e. The van der Waals surface area contributed by atoms with Gasteiger partial charge in [0.05, 0.1) is 18.9 Å². The van der Waals surface area contributed by atoms with Crippen LogP contribution in [0, 0.1) is 11.3 Å². The van der Waals surface area contributed by atoms with Gasteiger partial charge >= 0.3 is 0 Å². The van der Waals surface area contributed by atoms with Crippen LogP contribution < -0.4 is 0 Å². The Kier molecular flexibility index (Phi) is 4.05. The summed E-state index contributed by atoms with van der Waals surface area (Å²) in [4.78, 5) is 11.8. The fourth-order valence-electron chi connectivity index (χ4n) is 1.26. The van der Waals surface area contributed by atoms with E-state index < -0.39 is 18.8 Å². The van der Waals surface area contributed by atoms with Gasteiger partial charge in [0.1, 0.15) is 0 Å². The van der Waals surface area contributed by atoms with Gasteiger partial charge < -0.3 is 8.94 Å². The minimum Gasteiger partial charge on any atom is -0.461 e. The van der Waals surface area contributed by atoms with Crippen molar-refractivity contribution in [1.82, 2.24) is 0 Å². The number of furan rings is 1. The molecule has 0 aromatic carbocycles. The predicted octanol–water partition coefficient (Wildman–Crippen LogP) is 2.30. The van der Waals surface area contributed by atoms with Gasteiger partial charge in [-0.15, -0.1) is 0 Å². The molecule has 0 spiro atoms. The molecule has 0 unspecified atom stereocenters. The maximum atomic E-state index is 12.0. The lowest BCUT2D eigenvalue weighted by atomic mass is 10.2. The summed E-state index contributed by atoms with van der Waals surface area (Å²) in [6.45, 7) is 3.13. The summed E-state index contributed by atoms with van der Waals surface area (Å²) in [6.07, 6.45) is 1.32. The smallest absolute Gasteiger partial charge is 0.224 e. The summed E-state index contributed by atoms with van der Waals surface area (Å²) < 4.78 is 21.8. The normalized spacial score (nSPS) is 16.1. The fraction of sp³-hybridized carbons (Fsp3) is 0.400. The highest BCUT2D eigenvalue weighted by molar-refractivity contribution is 7.60. The third kappa shape index (κ3) is 2.60. The van der Waals surface area contributed by atoms with E-state index in [-0.39, 0.29) is 12.4 Å². The van der Waals surface area contributed by atoms with Crippen LogP contribution in [0.2, 0.25) is 0 Å². The Bertz CT molecular complexity index is 446. The van der Waals surface area contributed by atoms with E-state index >= 15 is 0 Å². The molecule has 1 rings (SSSR count). The van der Waals surface area contributed by atoms with Gasteiger partial charge in [-0.25, -0.2) is 0 Å². The van der Waals surface area contributed by atoms with E-state index in [0.29, 0.717) is 0 Å². The van der Waals surface area contributed by atoms with Crippen molar-refractivity contribution in [3.05, 3.63) is 24.2 Å². The van der Waals surface area contributed by atoms with Crippen molar-refractivity contribution in [3.8, 4) is 6.07 Å². The van der Waals surface area contributed by atoms with E-state index in [0.717, 1.165) is 0 Å². The van der Waals surface area contributed by atoms with Crippen LogP contribution in [-0.4, -0.2) is 24.7 Å². The first-order valence-electron chi connectivity index (χ1n) is 4.72. The second-order valence-corrected chi connectivity index (χ2v) is 5.79. The molecule has 0 fully saturated rings. The van der Waals surface area contributed by atoms with Gasteiger partial charge in [0, 0.05) is 6.66 Å². The zero-order valence-corrected chi connectivity index (χ0v) is 9.94. The Balaban J connectivity index is 2.97. The molecule has 5 nitrogen and oxygen atoms in total. The first-order chi connectivity index (χ1) is 7.53. The summed E-state index contributed by atoms with van der Waals surface area (Å²) >= 11 is 0. The summed E-state index contributed by atoms with van der Waals surface area (Å²) in [5, 5.41) is 8.89. The number of ketones is 1. The van der Waals surface area contributed by atoms with Crippen molar-refractivity contribution < 1.29 is 18.3 Å². The van der Waals surface area contributed by atoms with Gasteiger partial charge in [0.2, 0.25) is 13.2 Å². The molecule has 6 heteroatoms. The van der Waals surface area contributed by atoms with E-state index in [2.05, 4.69) is 0 Å². The highest BCUT2D eigenvalue weighted by Crippen LogP contribution is 2.48. The Morgan fingerprint density at radius 3 is 2.88 bits per heavy atom. The molecule has 0 aliphatic rings. The number of carbonyl (C=O) groups excluding carboxylic acids is 1. The highest BCUT2D eigenvalue weighted by Gasteiger charge is 2.37. The molecule has 0 aliphatic heterocycles. The molecule has 0 bridgehead atoms. The van der Waals surface area contributed by atoms with Crippen LogP contribution in [0.25, 0.3) is 0 Å². The van der Waals surface area contributed by atoms with Crippen molar-refractivity contribution in [3.63, 3.8) is 0 Å². The quantitative estimate of drug-likeness (QED) is 0.583. The van der Waals surface area contributed by atoms with Gasteiger partial charge in [-0.1, -0.05) is 0 Å². The van der Waals surface area contributed by atoms with Crippen molar-refractivity contribution in [1.29, 1.82) is 5.26 Å². The minimum atomic E-state index is -3.27. The molecule has 2 atom stereocenters. The average Bonchev–Trinajstić information content (AvgIpc) is 2.70. The van der Waals surface area contributed by atoms with E-state index in [9.17, 15) is 9.36 Å². The van der Waals surface area contributed by atoms with E-state index in [4.69, 9.17) is 14.2 Å². The van der Waals surface area contributed by atoms with Gasteiger partial charge in [-0.2, -0.15) is 5.26 Å². The number of carbonyl (C=O) groups is 1. The maximum absolute atomic E-state index is 12.0. The van der Waals surface area contributed by atoms with Crippen LogP contribution in [0.1, 0.15) is 17.5 Å². The lowest BCUT2D eigenvalue weighted by Gasteiger charge is -2.15. The third-order valence-corrected chi connectivity index (χ3v) is 4.05. The fourth-order valence-corrected chi connectivity index (χ4v) is 2.69. The number of hydrogen-bond acceptors (Lipinski definition) is 5. The number of nitrogens with zero attached hydrogens (tertiary/aromatic N) is 1. The number of nitriles is 1. The number of hydrogen-bond donors (Lipinski definition) is 0. The van der Waals surface area contributed by atoms with Crippen molar-refractivity contribution in [2.75, 3.05) is 13.3 Å². The standard InChI is InChI=1S/C10H12NO4P/c1-3-15-16(2,13)9(7-11)10(12)8-5-4-6-14-8/h4-6,9H,3H2,1-2H3/t9-,16+/m0/s1. The van der Waals surface area contributed by atoms with Crippen LogP contribution in [-0.2, 0) is 9.09 Å². The molecule has 0 saturated carbocycles. The van der Waals surface area contributed by atoms with Crippen LogP contribution in [0.3, 0.4) is 0 Å². The second kappa shape index (κ2) is 5.11. The Labute approximate surface area is 93.5 Å². The van der Waals surface area contributed by atoms with Crippen molar-refractivity contribution in [2.45, 2.75) is 12.6 Å². The summed E-state index contributed by atoms with van der Waals surface area (Å²) in [6, 6.07) is 4.68. The molecule has 1 heterocycles. The van der Waals surface area contributed by atoms with Gasteiger partial charge in [-0.05, 0) is 19.1 Å². The predicted molar refractivity (Wildman–Crippen MR) is 57.6 cm³/mol. The van der Waals surface area contributed by atoms with Crippen molar-refractivity contribution in [2.24, 2.45) is 0 Å². The molecule has 86 valence electrons. The highest BCUT2D eigenvalue weighted by atomic mass is 31.2. The summed E-state index contributed by atoms with van der Waals surface area (Å²) in [5.74, 6) is -0.583. The summed E-state index contributed by atoms with van der Waals surface area (Å²) in [7, 11) is -3.27. The van der Waals surface area contributed by atoms with Crippen molar-refractivity contribution >= 4 is 13.2 Å². The maximum Gasteiger partial charge on any atom is 0.224 e. The SMILES string of the molecule is CCO[P@@](C)(=O)[C@@H](C#N)C(=O)c1ccco1. The Hall–Kier alpha value is -1.37. The van der Waals surface area contributed by atoms with Gasteiger partial charge in [0.15, 0.2) is 11.4 Å². The zero-order chi connectivity index (χ0) is 12.2. The molecular weight excluding hydrogens is 229 g/mol. The first-order valence-corrected chi connectivity index (χ1v) is 6.86. The lowest BCUT2D eigenvalue weighted by molar-refractivity contribution is 0.0969. The molecule has 16 heavy (non-hydrogen) atoms. The number of rotatable bonds is 5. The third-order valence-electron chi connectivity index (χ3n) is 1.99. The van der Waals surface area contributed by atoms with Crippen LogP contribution >= 0.6 is 7.37 Å². The molecule has 0 radical (unpaired) electrons. The van der Waals surface area contributed by atoms with Gasteiger partial charge in [0.25, 0.3) is 0 Å². The van der Waals surface area contributed by atoms with Crippen LogP contribution in [0.4, 0.5) is 0 Å². The Morgan fingerprint density at radius 2 is 2.44 bits per heavy atom. The van der Waals surface area contributed by atoms with Crippen LogP contribution in [0.15, 0.2) is 22.8 Å². The molecule has 0 amide bonds. The second-order valence-electron chi connectivity index (χ2n) is 3.20. The monoisotopic (exact) mass is 241 g/mol. The molecule has 1 aromatic rings. The topological polar surface area (TPSA) is 80.3 Å². The average molecular weight is 241 g/mol. The first kappa shape index (κ1) is 12.7. The molecule has 0 aliphatic carbocycles. The summed E-state index contributed by atoms with van der Waals surface area (Å²) in [5.41, 5.74) is -1.31. The Morgan fingerprint density at radius 1 is 1.75 bits per heavy atom. The van der Waals surface area contributed by atoms with Gasteiger partial charge in [-0.3, -0.25) is 9.36 Å². The molecular formula is C10H12NO4P. The van der Waals surface area contributed by atoms with E-state index in [1.165, 1.54) is 25.1 Å². The minimum absolute atomic E-state index is 0.0216. The molecule has 1 aromatic heterocycles. The molecule has 0 saturated heterocycles. The lowest BCUT2D eigenvalue weighted by Crippen LogP contribution is -2.20. The van der Waals surface area contributed by atoms with Crippen LogP contribution in [0.5, 0.6) is 0 Å². The molecule has 0 N–H and O–H groups in total. The zero-order valence-electron chi connectivity index (χ0n) is 9.04.